The van der Waals surface area contributed by atoms with Crippen LogP contribution in [0.1, 0.15) is 35.5 Å². The number of pyridine rings is 1. The van der Waals surface area contributed by atoms with Crippen molar-refractivity contribution in [2.24, 2.45) is 16.1 Å². The van der Waals surface area contributed by atoms with E-state index in [2.05, 4.69) is 10.3 Å². The smallest absolute Gasteiger partial charge is 0.422 e. The summed E-state index contributed by atoms with van der Waals surface area (Å²) in [6.45, 7) is 5.10. The van der Waals surface area contributed by atoms with Crippen molar-refractivity contribution < 1.29 is 36.9 Å². The molecule has 0 radical (unpaired) electrons. The minimum atomic E-state index is -4.48. The number of halogens is 3. The van der Waals surface area contributed by atoms with Gasteiger partial charge in [0.1, 0.15) is 34.9 Å². The Balaban J connectivity index is 1.43. The molecule has 192 valence electrons. The van der Waals surface area contributed by atoms with E-state index in [1.165, 1.54) is 6.07 Å². The Kier molecular flexibility index (Phi) is 5.36. The van der Waals surface area contributed by atoms with Crippen molar-refractivity contribution in [1.82, 2.24) is 4.98 Å². The zero-order valence-corrected chi connectivity index (χ0v) is 19.9. The summed E-state index contributed by atoms with van der Waals surface area (Å²) in [4.78, 5) is 21.7. The summed E-state index contributed by atoms with van der Waals surface area (Å²) >= 11 is 0. The van der Waals surface area contributed by atoms with Crippen molar-refractivity contribution in [1.29, 1.82) is 0 Å². The number of alkyl halides is 3. The molecule has 36 heavy (non-hydrogen) atoms. The van der Waals surface area contributed by atoms with Gasteiger partial charge in [0.05, 0.1) is 24.8 Å². The highest BCUT2D eigenvalue weighted by Gasteiger charge is 2.71. The van der Waals surface area contributed by atoms with Gasteiger partial charge in [-0.2, -0.15) is 13.2 Å². The number of nitrogens with one attached hydrogen (secondary N) is 1. The first kappa shape index (κ1) is 24.2. The number of carbonyl (C=O) groups excluding carboxylic acids is 1. The molecule has 1 saturated heterocycles. The molecule has 9 nitrogen and oxygen atoms in total. The Labute approximate surface area is 204 Å². The van der Waals surface area contributed by atoms with Crippen LogP contribution in [0, 0.1) is 12.3 Å². The predicted molar refractivity (Wildman–Crippen MR) is 122 cm³/mol. The second kappa shape index (κ2) is 7.99. The number of hydrogen-bond donors (Lipinski definition) is 2. The normalized spacial score (nSPS) is 23.2. The first-order chi connectivity index (χ1) is 16.9. The van der Waals surface area contributed by atoms with E-state index in [9.17, 15) is 18.0 Å². The highest BCUT2D eigenvalue weighted by molar-refractivity contribution is 6.04. The molecule has 3 aliphatic heterocycles. The number of fused-ring (bicyclic) bond motifs is 3. The third-order valence-corrected chi connectivity index (χ3v) is 7.09. The zero-order valence-electron chi connectivity index (χ0n) is 19.9. The SMILES string of the molecule is Cc1cc(OCC(F)(F)F)cnc1C(=O)Nc1ccc2c(c1)C1(COC(N)=N1)C1(COC1)C(C)(C)O2. The Morgan fingerprint density at radius 3 is 2.56 bits per heavy atom. The molecule has 1 fully saturated rings. The third kappa shape index (κ3) is 3.71. The fraction of sp³-hybridized carbons (Fsp3) is 0.458. The summed E-state index contributed by atoms with van der Waals surface area (Å²) in [5, 5.41) is 2.80. The first-order valence-corrected chi connectivity index (χ1v) is 11.2. The lowest BCUT2D eigenvalue weighted by molar-refractivity contribution is -0.247. The van der Waals surface area contributed by atoms with E-state index in [1.807, 2.05) is 13.8 Å². The second-order valence-electron chi connectivity index (χ2n) is 9.69. The number of nitrogens with zero attached hydrogens (tertiary/aromatic N) is 2. The molecule has 1 atom stereocenters. The second-order valence-corrected chi connectivity index (χ2v) is 9.69. The van der Waals surface area contributed by atoms with Crippen molar-refractivity contribution in [3.05, 3.63) is 47.3 Å². The number of anilines is 1. The largest absolute Gasteiger partial charge is 0.487 e. The highest BCUT2D eigenvalue weighted by atomic mass is 19.4. The first-order valence-electron chi connectivity index (χ1n) is 11.2. The number of amidine groups is 1. The minimum Gasteiger partial charge on any atom is -0.487 e. The summed E-state index contributed by atoms with van der Waals surface area (Å²) in [6.07, 6.45) is -3.39. The van der Waals surface area contributed by atoms with Gasteiger partial charge in [0.15, 0.2) is 6.61 Å². The fourth-order valence-corrected chi connectivity index (χ4v) is 5.08. The molecule has 1 aromatic carbocycles. The molecule has 3 N–H and O–H groups in total. The van der Waals surface area contributed by atoms with E-state index in [-0.39, 0.29) is 24.1 Å². The lowest BCUT2D eigenvalue weighted by Gasteiger charge is -2.61. The molecule has 2 spiro atoms. The molecule has 4 heterocycles. The molecule has 0 saturated carbocycles. The van der Waals surface area contributed by atoms with Crippen LogP contribution in [0.15, 0.2) is 35.5 Å². The number of nitrogens with two attached hydrogens (primary N) is 1. The summed E-state index contributed by atoms with van der Waals surface area (Å²) in [5.74, 6) is -0.0205. The van der Waals surface area contributed by atoms with Crippen molar-refractivity contribution >= 4 is 17.6 Å². The van der Waals surface area contributed by atoms with Crippen LogP contribution in [0.3, 0.4) is 0 Å². The van der Waals surface area contributed by atoms with E-state index in [0.29, 0.717) is 35.8 Å². The molecule has 1 amide bonds. The van der Waals surface area contributed by atoms with Gasteiger partial charge in [-0.05, 0) is 50.6 Å². The third-order valence-electron chi connectivity index (χ3n) is 7.09. The number of aryl methyl sites for hydroxylation is 1. The van der Waals surface area contributed by atoms with Crippen LogP contribution < -0.4 is 20.5 Å². The molecule has 1 unspecified atom stereocenters. The molecular formula is C24H25F3N4O5. The number of aromatic nitrogens is 1. The highest BCUT2D eigenvalue weighted by Crippen LogP contribution is 2.62. The molecule has 2 aromatic rings. The van der Waals surface area contributed by atoms with Gasteiger partial charge in [-0.25, -0.2) is 9.98 Å². The topological polar surface area (TPSA) is 117 Å². The van der Waals surface area contributed by atoms with E-state index < -0.39 is 35.2 Å². The summed E-state index contributed by atoms with van der Waals surface area (Å²) in [6, 6.07) is 6.61. The maximum Gasteiger partial charge on any atom is 0.422 e. The van der Waals surface area contributed by atoms with Crippen LogP contribution in [0.4, 0.5) is 18.9 Å². The van der Waals surface area contributed by atoms with Gasteiger partial charge >= 0.3 is 6.18 Å². The Hall–Kier alpha value is -3.54. The van der Waals surface area contributed by atoms with E-state index in [4.69, 9.17) is 29.7 Å². The van der Waals surface area contributed by atoms with Gasteiger partial charge in [-0.15, -0.1) is 0 Å². The number of carbonyl (C=O) groups is 1. The van der Waals surface area contributed by atoms with Crippen LogP contribution in [0.25, 0.3) is 0 Å². The number of rotatable bonds is 4. The fourth-order valence-electron chi connectivity index (χ4n) is 5.08. The van der Waals surface area contributed by atoms with Crippen LogP contribution in [0.2, 0.25) is 0 Å². The Morgan fingerprint density at radius 2 is 1.97 bits per heavy atom. The molecule has 3 aliphatic rings. The van der Waals surface area contributed by atoms with Gasteiger partial charge in [0.25, 0.3) is 11.9 Å². The molecule has 0 aliphatic carbocycles. The van der Waals surface area contributed by atoms with Gasteiger partial charge < -0.3 is 30.0 Å². The average molecular weight is 506 g/mol. The van der Waals surface area contributed by atoms with Gasteiger partial charge in [-0.1, -0.05) is 0 Å². The van der Waals surface area contributed by atoms with E-state index in [0.717, 1.165) is 6.20 Å². The molecular weight excluding hydrogens is 481 g/mol. The number of hydrogen-bond acceptors (Lipinski definition) is 8. The Morgan fingerprint density at radius 1 is 1.22 bits per heavy atom. The summed E-state index contributed by atoms with van der Waals surface area (Å²) in [5.41, 5.74) is 5.51. The van der Waals surface area contributed by atoms with Crippen molar-refractivity contribution in [3.63, 3.8) is 0 Å². The van der Waals surface area contributed by atoms with Crippen LogP contribution in [-0.4, -0.2) is 55.1 Å². The molecule has 1 aromatic heterocycles. The van der Waals surface area contributed by atoms with Crippen LogP contribution in [-0.2, 0) is 15.0 Å². The van der Waals surface area contributed by atoms with Crippen LogP contribution >= 0.6 is 0 Å². The lowest BCUT2D eigenvalue weighted by atomic mass is 9.55. The van der Waals surface area contributed by atoms with Gasteiger partial charge in [0.2, 0.25) is 0 Å². The minimum absolute atomic E-state index is 0.0505. The number of aliphatic imine (C=N–C) groups is 1. The van der Waals surface area contributed by atoms with E-state index >= 15 is 0 Å². The monoisotopic (exact) mass is 506 g/mol. The van der Waals surface area contributed by atoms with Crippen LogP contribution in [0.5, 0.6) is 11.5 Å². The van der Waals surface area contributed by atoms with Gasteiger partial charge in [0, 0.05) is 11.3 Å². The van der Waals surface area contributed by atoms with Crippen molar-refractivity contribution in [2.75, 3.05) is 31.7 Å². The van der Waals surface area contributed by atoms with Gasteiger partial charge in [-0.3, -0.25) is 4.79 Å². The number of benzene rings is 1. The standard InChI is InChI=1S/C24H25F3N4O5/c1-13-6-15(34-12-24(25,26)27)8-29-18(13)19(32)30-14-4-5-17-16(7-14)23(11-35-20(28)31-23)22(9-33-10-22)21(2,3)36-17/h4-8H,9-12H2,1-3H3,(H2,28,31)(H,30,32). The van der Waals surface area contributed by atoms with Crippen molar-refractivity contribution in [2.45, 2.75) is 38.1 Å². The average Bonchev–Trinajstić information content (AvgIpc) is 3.13. The zero-order chi connectivity index (χ0) is 25.9. The Bertz CT molecular complexity index is 1260. The molecule has 5 rings (SSSR count). The number of amides is 1. The molecule has 12 heteroatoms. The maximum atomic E-state index is 13.0. The summed E-state index contributed by atoms with van der Waals surface area (Å²) in [7, 11) is 0. The predicted octanol–water partition coefficient (Wildman–Crippen LogP) is 3.31. The quantitative estimate of drug-likeness (QED) is 0.653. The number of ether oxygens (including phenoxy) is 4. The lowest BCUT2D eigenvalue weighted by Crippen LogP contribution is -2.71. The molecule has 0 bridgehead atoms. The summed E-state index contributed by atoms with van der Waals surface area (Å²) < 4.78 is 59.5. The van der Waals surface area contributed by atoms with E-state index in [1.54, 1.807) is 25.1 Å². The van der Waals surface area contributed by atoms with Crippen molar-refractivity contribution in [3.8, 4) is 11.5 Å². The maximum absolute atomic E-state index is 13.0.